The molecule has 1 aromatic carbocycles. The lowest BCUT2D eigenvalue weighted by Crippen LogP contribution is -1.92. The summed E-state index contributed by atoms with van der Waals surface area (Å²) in [6.07, 6.45) is 1.68. The second-order valence-corrected chi connectivity index (χ2v) is 3.25. The summed E-state index contributed by atoms with van der Waals surface area (Å²) in [7, 11) is 0. The van der Waals surface area contributed by atoms with Gasteiger partial charge in [-0.2, -0.15) is 0 Å². The van der Waals surface area contributed by atoms with Gasteiger partial charge in [0.25, 0.3) is 0 Å². The van der Waals surface area contributed by atoms with E-state index in [2.05, 4.69) is 0 Å². The Balaban J connectivity index is 2.96. The lowest BCUT2D eigenvalue weighted by Gasteiger charge is -2.04. The highest BCUT2D eigenvalue weighted by atomic mass is 35.5. The van der Waals surface area contributed by atoms with E-state index in [1.54, 1.807) is 19.1 Å². The molecule has 1 aromatic rings. The Labute approximate surface area is 81.5 Å². The fourth-order valence-electron chi connectivity index (χ4n) is 1.09. The SMILES string of the molecule is Cc1ccc(CCC=O)c(Cl)c1F. The fraction of sp³-hybridized carbons (Fsp3) is 0.300. The zero-order chi connectivity index (χ0) is 9.84. The second-order valence-electron chi connectivity index (χ2n) is 2.87. The van der Waals surface area contributed by atoms with Gasteiger partial charge in [0, 0.05) is 6.42 Å². The Bertz CT molecular complexity index is 323. The number of aryl methyl sites for hydroxylation is 2. The lowest BCUT2D eigenvalue weighted by molar-refractivity contribution is -0.107. The Kier molecular flexibility index (Phi) is 3.43. The molecule has 0 radical (unpaired) electrons. The predicted molar refractivity (Wildman–Crippen MR) is 50.5 cm³/mol. The van der Waals surface area contributed by atoms with E-state index in [0.717, 1.165) is 6.29 Å². The van der Waals surface area contributed by atoms with Crippen molar-refractivity contribution >= 4 is 17.9 Å². The van der Waals surface area contributed by atoms with Gasteiger partial charge in [-0.05, 0) is 24.5 Å². The summed E-state index contributed by atoms with van der Waals surface area (Å²) in [5.41, 5.74) is 1.22. The first-order chi connectivity index (χ1) is 6.16. The molecule has 70 valence electrons. The molecule has 0 aliphatic carbocycles. The highest BCUT2D eigenvalue weighted by Crippen LogP contribution is 2.23. The van der Waals surface area contributed by atoms with Crippen molar-refractivity contribution in [3.8, 4) is 0 Å². The molecule has 0 aromatic heterocycles. The molecule has 0 aliphatic heterocycles. The molecule has 0 atom stereocenters. The maximum Gasteiger partial charge on any atom is 0.144 e. The van der Waals surface area contributed by atoms with Crippen LogP contribution >= 0.6 is 11.6 Å². The predicted octanol–water partition coefficient (Wildman–Crippen LogP) is 2.92. The molecule has 0 bridgehead atoms. The zero-order valence-electron chi connectivity index (χ0n) is 7.31. The van der Waals surface area contributed by atoms with E-state index in [-0.39, 0.29) is 10.8 Å². The van der Waals surface area contributed by atoms with Gasteiger partial charge in [0.1, 0.15) is 12.1 Å². The highest BCUT2D eigenvalue weighted by Gasteiger charge is 2.07. The summed E-state index contributed by atoms with van der Waals surface area (Å²) in [6.45, 7) is 1.66. The number of rotatable bonds is 3. The van der Waals surface area contributed by atoms with Crippen molar-refractivity contribution in [2.45, 2.75) is 19.8 Å². The van der Waals surface area contributed by atoms with Crippen molar-refractivity contribution in [3.63, 3.8) is 0 Å². The third-order valence-electron chi connectivity index (χ3n) is 1.89. The fourth-order valence-corrected chi connectivity index (χ4v) is 1.40. The van der Waals surface area contributed by atoms with Crippen molar-refractivity contribution in [2.75, 3.05) is 0 Å². The second kappa shape index (κ2) is 4.38. The van der Waals surface area contributed by atoms with Crippen molar-refractivity contribution in [2.24, 2.45) is 0 Å². The minimum absolute atomic E-state index is 0.141. The number of benzene rings is 1. The zero-order valence-corrected chi connectivity index (χ0v) is 8.07. The molecule has 3 heteroatoms. The average Bonchev–Trinajstić information content (AvgIpc) is 2.13. The largest absolute Gasteiger partial charge is 0.303 e. The summed E-state index contributed by atoms with van der Waals surface area (Å²) >= 11 is 5.74. The number of hydrogen-bond acceptors (Lipinski definition) is 1. The Morgan fingerprint density at radius 2 is 2.23 bits per heavy atom. The average molecular weight is 201 g/mol. The highest BCUT2D eigenvalue weighted by molar-refractivity contribution is 6.31. The van der Waals surface area contributed by atoms with Gasteiger partial charge < -0.3 is 4.79 Å². The van der Waals surface area contributed by atoms with Crippen LogP contribution in [-0.4, -0.2) is 6.29 Å². The first-order valence-corrected chi connectivity index (χ1v) is 4.41. The molecule has 0 unspecified atom stereocenters. The van der Waals surface area contributed by atoms with Gasteiger partial charge in [0.2, 0.25) is 0 Å². The van der Waals surface area contributed by atoms with Crippen LogP contribution in [-0.2, 0) is 11.2 Å². The summed E-state index contributed by atoms with van der Waals surface area (Å²) in [5, 5.41) is 0.141. The molecule has 0 aliphatic rings. The maximum absolute atomic E-state index is 13.2. The topological polar surface area (TPSA) is 17.1 Å². The first-order valence-electron chi connectivity index (χ1n) is 4.04. The van der Waals surface area contributed by atoms with Crippen molar-refractivity contribution in [1.82, 2.24) is 0 Å². The van der Waals surface area contributed by atoms with E-state index in [4.69, 9.17) is 11.6 Å². The smallest absolute Gasteiger partial charge is 0.144 e. The molecule has 0 spiro atoms. The number of carbonyl (C=O) groups excluding carboxylic acids is 1. The lowest BCUT2D eigenvalue weighted by atomic mass is 10.1. The van der Waals surface area contributed by atoms with Crippen LogP contribution in [0.25, 0.3) is 0 Å². The van der Waals surface area contributed by atoms with Crippen LogP contribution in [0, 0.1) is 12.7 Å². The van der Waals surface area contributed by atoms with Crippen LogP contribution in [0.3, 0.4) is 0 Å². The van der Waals surface area contributed by atoms with Crippen LogP contribution in [0.5, 0.6) is 0 Å². The standard InChI is InChI=1S/C10H10ClFO/c1-7-4-5-8(3-2-6-13)9(11)10(7)12/h4-6H,2-3H2,1H3. The van der Waals surface area contributed by atoms with Gasteiger partial charge in [-0.15, -0.1) is 0 Å². The Hall–Kier alpha value is -0.890. The molecule has 1 rings (SSSR count). The normalized spacial score (nSPS) is 10.1. The summed E-state index contributed by atoms with van der Waals surface area (Å²) in [6, 6.07) is 3.42. The van der Waals surface area contributed by atoms with Gasteiger partial charge in [0.15, 0.2) is 0 Å². The van der Waals surface area contributed by atoms with Crippen molar-refractivity contribution in [1.29, 1.82) is 0 Å². The Morgan fingerprint density at radius 1 is 1.54 bits per heavy atom. The molecule has 0 heterocycles. The van der Waals surface area contributed by atoms with E-state index >= 15 is 0 Å². The molecule has 1 nitrogen and oxygen atoms in total. The van der Waals surface area contributed by atoms with Crippen LogP contribution in [0.15, 0.2) is 12.1 Å². The minimum atomic E-state index is -0.384. The molecule has 0 fully saturated rings. The number of aldehydes is 1. The van der Waals surface area contributed by atoms with Crippen LogP contribution in [0.1, 0.15) is 17.5 Å². The third-order valence-corrected chi connectivity index (χ3v) is 2.30. The summed E-state index contributed by atoms with van der Waals surface area (Å²) in [5.74, 6) is -0.384. The van der Waals surface area contributed by atoms with E-state index in [1.807, 2.05) is 0 Å². The van der Waals surface area contributed by atoms with Crippen molar-refractivity contribution in [3.05, 3.63) is 34.1 Å². The van der Waals surface area contributed by atoms with Gasteiger partial charge >= 0.3 is 0 Å². The van der Waals surface area contributed by atoms with Gasteiger partial charge in [0.05, 0.1) is 5.02 Å². The molecular formula is C10H10ClFO. The van der Waals surface area contributed by atoms with Gasteiger partial charge in [-0.3, -0.25) is 0 Å². The number of carbonyl (C=O) groups is 1. The summed E-state index contributed by atoms with van der Waals surface area (Å²) in [4.78, 5) is 10.1. The maximum atomic E-state index is 13.2. The van der Waals surface area contributed by atoms with E-state index in [1.165, 1.54) is 0 Å². The molecule has 0 saturated carbocycles. The molecular weight excluding hydrogens is 191 g/mol. The molecule has 0 amide bonds. The first kappa shape index (κ1) is 10.2. The van der Waals surface area contributed by atoms with Gasteiger partial charge in [-0.1, -0.05) is 23.7 Å². The summed E-state index contributed by atoms with van der Waals surface area (Å²) < 4.78 is 13.2. The van der Waals surface area contributed by atoms with Crippen molar-refractivity contribution < 1.29 is 9.18 Å². The quantitative estimate of drug-likeness (QED) is 0.686. The Morgan fingerprint density at radius 3 is 2.85 bits per heavy atom. The minimum Gasteiger partial charge on any atom is -0.303 e. The van der Waals surface area contributed by atoms with Crippen LogP contribution in [0.2, 0.25) is 5.02 Å². The van der Waals surface area contributed by atoms with Crippen LogP contribution in [0.4, 0.5) is 4.39 Å². The van der Waals surface area contributed by atoms with E-state index in [0.29, 0.717) is 24.0 Å². The third kappa shape index (κ3) is 2.28. The monoisotopic (exact) mass is 200 g/mol. The molecule has 13 heavy (non-hydrogen) atoms. The van der Waals surface area contributed by atoms with E-state index in [9.17, 15) is 9.18 Å². The molecule has 0 N–H and O–H groups in total. The molecule has 0 saturated heterocycles. The van der Waals surface area contributed by atoms with Gasteiger partial charge in [-0.25, -0.2) is 4.39 Å². The number of halogens is 2. The van der Waals surface area contributed by atoms with Crippen LogP contribution < -0.4 is 0 Å². The number of hydrogen-bond donors (Lipinski definition) is 0. The van der Waals surface area contributed by atoms with E-state index < -0.39 is 0 Å².